The first kappa shape index (κ1) is 22.2. The molecule has 1 aromatic carbocycles. The molecular formula is C23H33FN6. The van der Waals surface area contributed by atoms with Crippen molar-refractivity contribution in [1.82, 2.24) is 14.9 Å². The van der Waals surface area contributed by atoms with Crippen molar-refractivity contribution in [2.75, 3.05) is 36.9 Å². The monoisotopic (exact) mass is 412 g/mol. The molecule has 7 heteroatoms. The molecule has 6 nitrogen and oxygen atoms in total. The maximum atomic E-state index is 14.8. The Bertz CT molecular complexity index is 890. The summed E-state index contributed by atoms with van der Waals surface area (Å²) < 4.78 is 14.8. The quantitative estimate of drug-likeness (QED) is 0.670. The van der Waals surface area contributed by atoms with E-state index in [1.54, 1.807) is 0 Å². The molecule has 0 bridgehead atoms. The summed E-state index contributed by atoms with van der Waals surface area (Å²) in [5, 5.41) is 3.39. The van der Waals surface area contributed by atoms with Gasteiger partial charge in [-0.3, -0.25) is 4.99 Å². The van der Waals surface area contributed by atoms with E-state index < -0.39 is 5.82 Å². The van der Waals surface area contributed by atoms with Gasteiger partial charge in [0.2, 0.25) is 5.95 Å². The molecule has 2 aromatic rings. The fourth-order valence-electron chi connectivity index (χ4n) is 4.11. The zero-order valence-electron chi connectivity index (χ0n) is 18.7. The van der Waals surface area contributed by atoms with Gasteiger partial charge in [-0.1, -0.05) is 0 Å². The van der Waals surface area contributed by atoms with Gasteiger partial charge in [-0.05, 0) is 85.1 Å². The molecule has 162 valence electrons. The Morgan fingerprint density at radius 2 is 2.03 bits per heavy atom. The molecule has 1 aliphatic rings. The average molecular weight is 413 g/mol. The fraction of sp³-hybridized carbons (Fsp3) is 0.522. The molecule has 1 saturated heterocycles. The minimum absolute atomic E-state index is 0.280. The van der Waals surface area contributed by atoms with Gasteiger partial charge < -0.3 is 15.1 Å². The summed E-state index contributed by atoms with van der Waals surface area (Å²) >= 11 is 0. The van der Waals surface area contributed by atoms with E-state index in [0.717, 1.165) is 55.0 Å². The molecule has 1 aromatic heterocycles. The van der Waals surface area contributed by atoms with Crippen LogP contribution in [0.4, 0.5) is 21.7 Å². The van der Waals surface area contributed by atoms with Crippen LogP contribution in [0.3, 0.4) is 0 Å². The van der Waals surface area contributed by atoms with Crippen molar-refractivity contribution in [3.05, 3.63) is 29.7 Å². The predicted octanol–water partition coefficient (Wildman–Crippen LogP) is 4.66. The van der Waals surface area contributed by atoms with Crippen LogP contribution in [0.1, 0.15) is 39.2 Å². The predicted molar refractivity (Wildman–Crippen MR) is 124 cm³/mol. The third-order valence-electron chi connectivity index (χ3n) is 5.78. The van der Waals surface area contributed by atoms with Gasteiger partial charge in [0.1, 0.15) is 5.69 Å². The maximum Gasteiger partial charge on any atom is 0.223 e. The molecule has 1 fully saturated rings. The van der Waals surface area contributed by atoms with Gasteiger partial charge in [0.25, 0.3) is 0 Å². The molecule has 0 unspecified atom stereocenters. The minimum atomic E-state index is -0.429. The molecule has 2 heterocycles. The number of likely N-dealkylation sites (tertiary alicyclic amines) is 1. The summed E-state index contributed by atoms with van der Waals surface area (Å²) in [5.74, 6) is 0.0449. The highest BCUT2D eigenvalue weighted by atomic mass is 19.1. The lowest BCUT2D eigenvalue weighted by Crippen LogP contribution is -2.37. The topological polar surface area (TPSA) is 56.7 Å². The Morgan fingerprint density at radius 1 is 1.33 bits per heavy atom. The van der Waals surface area contributed by atoms with Gasteiger partial charge >= 0.3 is 0 Å². The van der Waals surface area contributed by atoms with Crippen molar-refractivity contribution in [2.45, 2.75) is 52.6 Å². The third-order valence-corrected chi connectivity index (χ3v) is 5.78. The minimum Gasteiger partial charge on any atom is -0.368 e. The van der Waals surface area contributed by atoms with Crippen molar-refractivity contribution < 1.29 is 4.39 Å². The van der Waals surface area contributed by atoms with Crippen molar-refractivity contribution in [3.63, 3.8) is 0 Å². The number of anilines is 2. The first-order valence-electron chi connectivity index (χ1n) is 10.7. The van der Waals surface area contributed by atoms with Gasteiger partial charge in [0, 0.05) is 24.2 Å². The molecule has 3 rings (SSSR count). The van der Waals surface area contributed by atoms with Crippen molar-refractivity contribution in [3.8, 4) is 11.3 Å². The summed E-state index contributed by atoms with van der Waals surface area (Å²) in [6.07, 6.45) is 3.30. The fourth-order valence-corrected chi connectivity index (χ4v) is 4.11. The Morgan fingerprint density at radius 3 is 2.63 bits per heavy atom. The molecule has 0 spiro atoms. The molecule has 1 N–H and O–H groups in total. The first-order valence-corrected chi connectivity index (χ1v) is 10.7. The van der Waals surface area contributed by atoms with Gasteiger partial charge in [0.15, 0.2) is 5.82 Å². The van der Waals surface area contributed by atoms with Crippen LogP contribution >= 0.6 is 0 Å². The number of aliphatic imine (C=N–C) groups is 1. The second-order valence-electron chi connectivity index (χ2n) is 8.31. The Labute approximate surface area is 179 Å². The van der Waals surface area contributed by atoms with E-state index in [2.05, 4.69) is 64.6 Å². The average Bonchev–Trinajstić information content (AvgIpc) is 2.71. The SMILES string of the molecule is C=Nc1c(C)cc(-c2nc(NC3CCN(C)CC3)ncc2F)cc1N(CC)C(C)C. The number of piperidine rings is 1. The molecular weight excluding hydrogens is 379 g/mol. The summed E-state index contributed by atoms with van der Waals surface area (Å²) in [7, 11) is 2.13. The number of aromatic nitrogens is 2. The van der Waals surface area contributed by atoms with E-state index in [4.69, 9.17) is 0 Å². The summed E-state index contributed by atoms with van der Waals surface area (Å²) in [6.45, 7) is 15.0. The Kier molecular flexibility index (Phi) is 7.02. The number of hydrogen-bond donors (Lipinski definition) is 1. The summed E-state index contributed by atoms with van der Waals surface area (Å²) in [6, 6.07) is 4.47. The van der Waals surface area contributed by atoms with Crippen LogP contribution in [0.25, 0.3) is 11.3 Å². The van der Waals surface area contributed by atoms with E-state index in [1.165, 1.54) is 6.20 Å². The lowest BCUT2D eigenvalue weighted by Gasteiger charge is -2.30. The second-order valence-corrected chi connectivity index (χ2v) is 8.31. The van der Waals surface area contributed by atoms with Gasteiger partial charge in [-0.2, -0.15) is 0 Å². The van der Waals surface area contributed by atoms with Crippen LogP contribution in [0.2, 0.25) is 0 Å². The standard InChI is InChI=1S/C23H33FN6/c1-7-30(15(2)3)20-13-17(12-16(4)21(20)25-5)22-19(24)14-26-23(28-22)27-18-8-10-29(6)11-9-18/h12-15,18H,5,7-11H2,1-4,6H3,(H,26,27,28). The van der Waals surface area contributed by atoms with Crippen molar-refractivity contribution in [1.29, 1.82) is 0 Å². The summed E-state index contributed by atoms with van der Waals surface area (Å²) in [4.78, 5) is 17.5. The first-order chi connectivity index (χ1) is 14.3. The normalized spacial score (nSPS) is 15.4. The van der Waals surface area contributed by atoms with E-state index in [1.807, 2.05) is 19.1 Å². The number of hydrogen-bond acceptors (Lipinski definition) is 6. The molecule has 0 saturated carbocycles. The van der Waals surface area contributed by atoms with Gasteiger partial charge in [-0.15, -0.1) is 0 Å². The lowest BCUT2D eigenvalue weighted by atomic mass is 10.0. The summed E-state index contributed by atoms with van der Waals surface area (Å²) in [5.41, 5.74) is 3.74. The Hall–Kier alpha value is -2.54. The van der Waals surface area contributed by atoms with Gasteiger partial charge in [-0.25, -0.2) is 14.4 Å². The van der Waals surface area contributed by atoms with Crippen LogP contribution in [0.15, 0.2) is 23.3 Å². The van der Waals surface area contributed by atoms with E-state index in [0.29, 0.717) is 17.7 Å². The number of rotatable bonds is 7. The number of halogens is 1. The number of nitrogens with zero attached hydrogens (tertiary/aromatic N) is 5. The van der Waals surface area contributed by atoms with Crippen molar-refractivity contribution in [2.24, 2.45) is 4.99 Å². The number of benzene rings is 1. The smallest absolute Gasteiger partial charge is 0.223 e. The molecule has 0 amide bonds. The van der Waals surface area contributed by atoms with E-state index in [9.17, 15) is 4.39 Å². The van der Waals surface area contributed by atoms with Crippen LogP contribution in [-0.2, 0) is 0 Å². The molecule has 0 radical (unpaired) electrons. The third kappa shape index (κ3) is 4.78. The highest BCUT2D eigenvalue weighted by Gasteiger charge is 2.20. The second kappa shape index (κ2) is 9.51. The molecule has 30 heavy (non-hydrogen) atoms. The maximum absolute atomic E-state index is 14.8. The van der Waals surface area contributed by atoms with Crippen molar-refractivity contribution >= 4 is 24.0 Å². The molecule has 0 aliphatic carbocycles. The van der Waals surface area contributed by atoms with Crippen LogP contribution in [-0.4, -0.2) is 60.4 Å². The largest absolute Gasteiger partial charge is 0.368 e. The highest BCUT2D eigenvalue weighted by Crippen LogP contribution is 2.38. The number of nitrogens with one attached hydrogen (secondary N) is 1. The van der Waals surface area contributed by atoms with Crippen LogP contribution in [0, 0.1) is 12.7 Å². The van der Waals surface area contributed by atoms with E-state index in [-0.39, 0.29) is 6.04 Å². The zero-order valence-corrected chi connectivity index (χ0v) is 18.7. The molecule has 0 atom stereocenters. The zero-order chi connectivity index (χ0) is 21.8. The van der Waals surface area contributed by atoms with E-state index >= 15 is 0 Å². The Balaban J connectivity index is 1.98. The van der Waals surface area contributed by atoms with Crippen LogP contribution in [0.5, 0.6) is 0 Å². The van der Waals surface area contributed by atoms with Crippen LogP contribution < -0.4 is 10.2 Å². The number of aryl methyl sites for hydroxylation is 1. The lowest BCUT2D eigenvalue weighted by molar-refractivity contribution is 0.263. The van der Waals surface area contributed by atoms with Gasteiger partial charge in [0.05, 0.1) is 17.6 Å². The highest BCUT2D eigenvalue weighted by molar-refractivity contribution is 5.80. The molecule has 1 aliphatic heterocycles.